The number of hydrogen-bond acceptors (Lipinski definition) is 4. The van der Waals surface area contributed by atoms with Crippen LogP contribution in [-0.2, 0) is 9.47 Å². The van der Waals surface area contributed by atoms with Crippen molar-refractivity contribution in [2.24, 2.45) is 11.3 Å². The molecule has 2 N–H and O–H groups in total. The van der Waals surface area contributed by atoms with Crippen LogP contribution in [0.3, 0.4) is 0 Å². The van der Waals surface area contributed by atoms with Crippen LogP contribution >= 0.6 is 0 Å². The number of aliphatic hydroxyl groups is 1. The molecule has 4 atom stereocenters. The Labute approximate surface area is 123 Å². The molecule has 1 aliphatic carbocycles. The van der Waals surface area contributed by atoms with Crippen LogP contribution in [0.15, 0.2) is 0 Å². The minimum atomic E-state index is -0.708. The zero-order valence-electron chi connectivity index (χ0n) is 13.6. The molecule has 0 aromatic rings. The highest BCUT2D eigenvalue weighted by Crippen LogP contribution is 2.43. The summed E-state index contributed by atoms with van der Waals surface area (Å²) < 4.78 is 11.5. The van der Waals surface area contributed by atoms with Crippen LogP contribution in [0.2, 0.25) is 0 Å². The molecule has 2 rings (SSSR count). The fourth-order valence-electron chi connectivity index (χ4n) is 3.13. The molecule has 2 fully saturated rings. The first-order valence-corrected chi connectivity index (χ1v) is 7.94. The molecule has 0 spiro atoms. The van der Waals surface area contributed by atoms with Crippen molar-refractivity contribution in [2.45, 2.75) is 71.3 Å². The fraction of sp³-hybridized carbons (Fsp3) is 1.00. The number of hydrogen-bond donors (Lipinski definition) is 2. The Morgan fingerprint density at radius 3 is 2.60 bits per heavy atom. The molecule has 0 bridgehead atoms. The highest BCUT2D eigenvalue weighted by atomic mass is 16.5. The molecule has 0 aromatic carbocycles. The van der Waals surface area contributed by atoms with E-state index in [0.29, 0.717) is 31.2 Å². The van der Waals surface area contributed by atoms with Gasteiger partial charge >= 0.3 is 0 Å². The largest absolute Gasteiger partial charge is 0.386 e. The summed E-state index contributed by atoms with van der Waals surface area (Å²) in [6, 6.07) is 0.413. The molecule has 4 unspecified atom stereocenters. The van der Waals surface area contributed by atoms with E-state index in [4.69, 9.17) is 9.47 Å². The molecule has 4 heteroatoms. The fourth-order valence-corrected chi connectivity index (χ4v) is 3.13. The Hall–Kier alpha value is -0.160. The monoisotopic (exact) mass is 285 g/mol. The summed E-state index contributed by atoms with van der Waals surface area (Å²) in [5.41, 5.74) is -0.575. The van der Waals surface area contributed by atoms with Crippen molar-refractivity contribution in [3.8, 4) is 0 Å². The Bertz CT molecular complexity index is 332. The van der Waals surface area contributed by atoms with Crippen LogP contribution in [-0.4, -0.2) is 48.7 Å². The predicted octanol–water partition coefficient (Wildman–Crippen LogP) is 1.96. The van der Waals surface area contributed by atoms with Crippen molar-refractivity contribution in [2.75, 3.05) is 19.8 Å². The first-order chi connectivity index (χ1) is 9.25. The number of nitrogens with one attached hydrogen (secondary N) is 1. The van der Waals surface area contributed by atoms with Gasteiger partial charge in [0.15, 0.2) is 0 Å². The summed E-state index contributed by atoms with van der Waals surface area (Å²) in [6.45, 7) is 12.9. The van der Waals surface area contributed by atoms with Gasteiger partial charge in [-0.3, -0.25) is 0 Å². The molecule has 1 saturated carbocycles. The van der Waals surface area contributed by atoms with Crippen molar-refractivity contribution in [3.05, 3.63) is 0 Å². The zero-order chi connectivity index (χ0) is 15.0. The van der Waals surface area contributed by atoms with E-state index < -0.39 is 5.60 Å². The Kier molecular flexibility index (Phi) is 4.80. The van der Waals surface area contributed by atoms with Crippen LogP contribution in [0.1, 0.15) is 47.5 Å². The van der Waals surface area contributed by atoms with E-state index in [0.717, 1.165) is 19.4 Å². The van der Waals surface area contributed by atoms with E-state index in [1.165, 1.54) is 0 Å². The Morgan fingerprint density at radius 2 is 2.10 bits per heavy atom. The smallest absolute Gasteiger partial charge is 0.105 e. The molecule has 1 saturated heterocycles. The van der Waals surface area contributed by atoms with Crippen LogP contribution < -0.4 is 5.32 Å². The molecular formula is C16H31NO3. The van der Waals surface area contributed by atoms with E-state index in [1.807, 2.05) is 6.92 Å². The highest BCUT2D eigenvalue weighted by Gasteiger charge is 2.50. The zero-order valence-corrected chi connectivity index (χ0v) is 13.6. The quantitative estimate of drug-likeness (QED) is 0.783. The minimum Gasteiger partial charge on any atom is -0.386 e. The second-order valence-electron chi connectivity index (χ2n) is 7.57. The average molecular weight is 285 g/mol. The summed E-state index contributed by atoms with van der Waals surface area (Å²) in [7, 11) is 0. The lowest BCUT2D eigenvalue weighted by atomic mass is 9.64. The van der Waals surface area contributed by atoms with E-state index >= 15 is 0 Å². The van der Waals surface area contributed by atoms with E-state index in [9.17, 15) is 5.11 Å². The molecule has 4 nitrogen and oxygen atoms in total. The van der Waals surface area contributed by atoms with Gasteiger partial charge in [-0.25, -0.2) is 0 Å². The van der Waals surface area contributed by atoms with E-state index in [-0.39, 0.29) is 11.5 Å². The second-order valence-corrected chi connectivity index (χ2v) is 7.57. The van der Waals surface area contributed by atoms with Gasteiger partial charge in [0.1, 0.15) is 5.60 Å². The SMILES string of the molecule is CC(C)COC1CC(NCC2(O)CCOC2C)C1(C)C. The molecule has 2 aliphatic rings. The van der Waals surface area contributed by atoms with Gasteiger partial charge in [-0.2, -0.15) is 0 Å². The van der Waals surface area contributed by atoms with Gasteiger partial charge in [0.25, 0.3) is 0 Å². The van der Waals surface area contributed by atoms with Crippen LogP contribution in [0.5, 0.6) is 0 Å². The molecule has 118 valence electrons. The lowest BCUT2D eigenvalue weighted by Gasteiger charge is -2.52. The maximum absolute atomic E-state index is 10.5. The third kappa shape index (κ3) is 3.19. The summed E-state index contributed by atoms with van der Waals surface area (Å²) in [4.78, 5) is 0. The first kappa shape index (κ1) is 16.2. The van der Waals surface area contributed by atoms with Crippen molar-refractivity contribution in [3.63, 3.8) is 0 Å². The van der Waals surface area contributed by atoms with Gasteiger partial charge in [0.05, 0.1) is 12.2 Å². The van der Waals surface area contributed by atoms with Gasteiger partial charge < -0.3 is 19.9 Å². The molecule has 0 aromatic heterocycles. The Morgan fingerprint density at radius 1 is 1.40 bits per heavy atom. The summed E-state index contributed by atoms with van der Waals surface area (Å²) in [5, 5.41) is 14.1. The topological polar surface area (TPSA) is 50.7 Å². The van der Waals surface area contributed by atoms with Crippen molar-refractivity contribution in [1.29, 1.82) is 0 Å². The number of ether oxygens (including phenoxy) is 2. The molecule has 1 aliphatic heterocycles. The molecular weight excluding hydrogens is 254 g/mol. The first-order valence-electron chi connectivity index (χ1n) is 7.94. The highest BCUT2D eigenvalue weighted by molar-refractivity contribution is 5.04. The van der Waals surface area contributed by atoms with Crippen LogP contribution in [0, 0.1) is 11.3 Å². The molecule has 20 heavy (non-hydrogen) atoms. The van der Waals surface area contributed by atoms with Crippen molar-refractivity contribution in [1.82, 2.24) is 5.32 Å². The van der Waals surface area contributed by atoms with E-state index in [2.05, 4.69) is 33.0 Å². The van der Waals surface area contributed by atoms with Gasteiger partial charge in [-0.05, 0) is 19.3 Å². The number of rotatable bonds is 6. The lowest BCUT2D eigenvalue weighted by Crippen LogP contribution is -2.63. The van der Waals surface area contributed by atoms with Crippen molar-refractivity contribution < 1.29 is 14.6 Å². The molecule has 0 radical (unpaired) electrons. The third-order valence-corrected chi connectivity index (χ3v) is 5.12. The van der Waals surface area contributed by atoms with Crippen LogP contribution in [0.25, 0.3) is 0 Å². The summed E-state index contributed by atoms with van der Waals surface area (Å²) >= 11 is 0. The predicted molar refractivity (Wildman–Crippen MR) is 79.7 cm³/mol. The van der Waals surface area contributed by atoms with Gasteiger partial charge in [-0.15, -0.1) is 0 Å². The van der Waals surface area contributed by atoms with Crippen molar-refractivity contribution >= 4 is 0 Å². The summed E-state index contributed by atoms with van der Waals surface area (Å²) in [6.07, 6.45) is 2.01. The second kappa shape index (κ2) is 5.91. The van der Waals surface area contributed by atoms with Gasteiger partial charge in [0, 0.05) is 37.6 Å². The minimum absolute atomic E-state index is 0.0776. The maximum Gasteiger partial charge on any atom is 0.105 e. The third-order valence-electron chi connectivity index (χ3n) is 5.12. The van der Waals surface area contributed by atoms with E-state index in [1.54, 1.807) is 0 Å². The standard InChI is InChI=1S/C16H31NO3/c1-11(2)9-20-14-8-13(15(14,4)5)17-10-16(18)6-7-19-12(16)3/h11-14,17-18H,6-10H2,1-5H3. The molecule has 1 heterocycles. The van der Waals surface area contributed by atoms with Gasteiger partial charge in [0.2, 0.25) is 0 Å². The average Bonchev–Trinajstić information content (AvgIpc) is 2.67. The normalized spacial score (nSPS) is 40.0. The Balaban J connectivity index is 1.78. The van der Waals surface area contributed by atoms with Crippen LogP contribution in [0.4, 0.5) is 0 Å². The maximum atomic E-state index is 10.5. The van der Waals surface area contributed by atoms with Gasteiger partial charge in [-0.1, -0.05) is 27.7 Å². The molecule has 0 amide bonds. The summed E-state index contributed by atoms with van der Waals surface area (Å²) in [5.74, 6) is 0.579. The lowest BCUT2D eigenvalue weighted by molar-refractivity contribution is -0.128.